The van der Waals surface area contributed by atoms with Crippen LogP contribution in [-0.4, -0.2) is 24.4 Å². The third kappa shape index (κ3) is 3.21. The average Bonchev–Trinajstić information content (AvgIpc) is 2.84. The molecule has 0 aliphatic carbocycles. The summed E-state index contributed by atoms with van der Waals surface area (Å²) in [5.41, 5.74) is 16.1. The highest BCUT2D eigenvalue weighted by Gasteiger charge is 2.28. The van der Waals surface area contributed by atoms with Crippen molar-refractivity contribution >= 4 is 28.9 Å². The van der Waals surface area contributed by atoms with Crippen LogP contribution in [-0.2, 0) is 4.79 Å². The fraction of sp³-hybridized carbons (Fsp3) is 0.0909. The van der Waals surface area contributed by atoms with Crippen molar-refractivity contribution < 1.29 is 9.59 Å². The van der Waals surface area contributed by atoms with Crippen molar-refractivity contribution in [2.45, 2.75) is 6.04 Å². The van der Waals surface area contributed by atoms with Gasteiger partial charge in [0.25, 0.3) is 0 Å². The summed E-state index contributed by atoms with van der Waals surface area (Å²) in [6.07, 6.45) is 0. The number of hydrogen-bond acceptors (Lipinski definition) is 4. The maximum Gasteiger partial charge on any atom is 0.248 e. The van der Waals surface area contributed by atoms with E-state index in [0.717, 1.165) is 22.5 Å². The van der Waals surface area contributed by atoms with Gasteiger partial charge < -0.3 is 21.7 Å². The maximum absolute atomic E-state index is 12.4. The monoisotopic (exact) mass is 372 g/mol. The van der Waals surface area contributed by atoms with E-state index in [4.69, 9.17) is 11.5 Å². The first kappa shape index (κ1) is 17.8. The summed E-state index contributed by atoms with van der Waals surface area (Å²) in [4.78, 5) is 26.0. The number of hydrogen-bond donors (Lipinski definition) is 3. The number of anilines is 3. The molecule has 0 saturated carbocycles. The first-order valence-corrected chi connectivity index (χ1v) is 8.97. The number of benzene rings is 3. The third-order valence-corrected chi connectivity index (χ3v) is 4.83. The van der Waals surface area contributed by atoms with E-state index in [-0.39, 0.29) is 5.91 Å². The van der Waals surface area contributed by atoms with Crippen LogP contribution in [0.25, 0.3) is 11.1 Å². The minimum atomic E-state index is -0.728. The number of carbonyl (C=O) groups excluding carboxylic acids is 2. The number of fused-ring (bicyclic) bond motifs is 1. The van der Waals surface area contributed by atoms with Gasteiger partial charge in [-0.3, -0.25) is 9.59 Å². The second-order valence-corrected chi connectivity index (χ2v) is 6.69. The summed E-state index contributed by atoms with van der Waals surface area (Å²) in [5.74, 6) is -0.857. The molecule has 1 aliphatic rings. The Labute approximate surface area is 162 Å². The molecule has 1 aliphatic heterocycles. The van der Waals surface area contributed by atoms with E-state index in [0.29, 0.717) is 17.8 Å². The van der Waals surface area contributed by atoms with Gasteiger partial charge >= 0.3 is 0 Å². The number of nitrogens with one attached hydrogen (secondary N) is 1. The van der Waals surface area contributed by atoms with Gasteiger partial charge in [0.2, 0.25) is 11.8 Å². The molecule has 1 heterocycles. The fourth-order valence-electron chi connectivity index (χ4n) is 3.43. The maximum atomic E-state index is 12.4. The summed E-state index contributed by atoms with van der Waals surface area (Å²) in [6, 6.07) is 22.3. The lowest BCUT2D eigenvalue weighted by Crippen LogP contribution is -2.41. The molecule has 6 heteroatoms. The first-order chi connectivity index (χ1) is 13.5. The number of carbonyl (C=O) groups is 2. The zero-order valence-corrected chi connectivity index (χ0v) is 15.1. The molecule has 0 aromatic heterocycles. The SMILES string of the molecule is NC(=O)c1ccc2c(c1)NC(=O)[C@H](N)CN2c1ccccc1-c1ccccc1. The molecule has 0 bridgehead atoms. The Balaban J connectivity index is 1.89. The first-order valence-electron chi connectivity index (χ1n) is 8.97. The molecule has 0 saturated heterocycles. The van der Waals surface area contributed by atoms with Crippen LogP contribution >= 0.6 is 0 Å². The molecule has 6 nitrogen and oxygen atoms in total. The number of primary amides is 1. The highest BCUT2D eigenvalue weighted by molar-refractivity contribution is 6.04. The lowest BCUT2D eigenvalue weighted by Gasteiger charge is -2.28. The van der Waals surface area contributed by atoms with Crippen molar-refractivity contribution in [3.8, 4) is 11.1 Å². The Kier molecular flexibility index (Phi) is 4.55. The van der Waals surface area contributed by atoms with Crippen LogP contribution in [0.1, 0.15) is 10.4 Å². The van der Waals surface area contributed by atoms with Gasteiger partial charge in [-0.05, 0) is 29.8 Å². The van der Waals surface area contributed by atoms with Crippen LogP contribution in [0.5, 0.6) is 0 Å². The van der Waals surface area contributed by atoms with Crippen molar-refractivity contribution in [2.75, 3.05) is 16.8 Å². The lowest BCUT2D eigenvalue weighted by atomic mass is 10.0. The molecule has 28 heavy (non-hydrogen) atoms. The molecule has 1 atom stereocenters. The summed E-state index contributed by atoms with van der Waals surface area (Å²) in [5, 5.41) is 2.81. The molecule has 0 unspecified atom stereocenters. The quantitative estimate of drug-likeness (QED) is 0.658. The molecule has 0 fully saturated rings. The van der Waals surface area contributed by atoms with Gasteiger partial charge in [0.05, 0.1) is 11.4 Å². The predicted molar refractivity (Wildman–Crippen MR) is 110 cm³/mol. The molecular weight excluding hydrogens is 352 g/mol. The van der Waals surface area contributed by atoms with Crippen molar-refractivity contribution in [1.29, 1.82) is 0 Å². The highest BCUT2D eigenvalue weighted by Crippen LogP contribution is 2.39. The molecule has 3 aromatic rings. The minimum Gasteiger partial charge on any atom is -0.366 e. The van der Waals surface area contributed by atoms with Crippen molar-refractivity contribution in [3.63, 3.8) is 0 Å². The van der Waals surface area contributed by atoms with Crippen LogP contribution in [0.15, 0.2) is 72.8 Å². The Bertz CT molecular complexity index is 1050. The van der Waals surface area contributed by atoms with Crippen LogP contribution < -0.4 is 21.7 Å². The van der Waals surface area contributed by atoms with Crippen molar-refractivity contribution in [2.24, 2.45) is 11.5 Å². The van der Waals surface area contributed by atoms with E-state index in [2.05, 4.69) is 5.32 Å². The minimum absolute atomic E-state index is 0.303. The van der Waals surface area contributed by atoms with E-state index in [1.54, 1.807) is 18.2 Å². The van der Waals surface area contributed by atoms with E-state index in [1.165, 1.54) is 0 Å². The fourth-order valence-corrected chi connectivity index (χ4v) is 3.43. The van der Waals surface area contributed by atoms with Crippen LogP contribution in [0.2, 0.25) is 0 Å². The van der Waals surface area contributed by atoms with E-state index in [9.17, 15) is 9.59 Å². The van der Waals surface area contributed by atoms with Gasteiger partial charge in [-0.15, -0.1) is 0 Å². The molecule has 2 amide bonds. The summed E-state index contributed by atoms with van der Waals surface area (Å²) in [7, 11) is 0. The Morgan fingerprint density at radius 2 is 1.68 bits per heavy atom. The molecule has 5 N–H and O–H groups in total. The highest BCUT2D eigenvalue weighted by atomic mass is 16.2. The van der Waals surface area contributed by atoms with Gasteiger partial charge in [-0.25, -0.2) is 0 Å². The predicted octanol–water partition coefficient (Wildman–Crippen LogP) is 2.87. The topological polar surface area (TPSA) is 101 Å². The van der Waals surface area contributed by atoms with Crippen LogP contribution in [0.4, 0.5) is 17.1 Å². The van der Waals surface area contributed by atoms with Crippen molar-refractivity contribution in [3.05, 3.63) is 78.4 Å². The molecule has 4 rings (SSSR count). The number of nitrogens with two attached hydrogens (primary N) is 2. The van der Waals surface area contributed by atoms with E-state index >= 15 is 0 Å². The zero-order chi connectivity index (χ0) is 19.7. The molecule has 0 spiro atoms. The van der Waals surface area contributed by atoms with E-state index in [1.807, 2.05) is 59.5 Å². The second kappa shape index (κ2) is 7.17. The van der Waals surface area contributed by atoms with Gasteiger partial charge in [0.15, 0.2) is 0 Å². The number of para-hydroxylation sites is 1. The lowest BCUT2D eigenvalue weighted by molar-refractivity contribution is -0.117. The second-order valence-electron chi connectivity index (χ2n) is 6.69. The number of amides is 2. The number of nitrogens with zero attached hydrogens (tertiary/aromatic N) is 1. The Morgan fingerprint density at radius 3 is 2.43 bits per heavy atom. The molecule has 3 aromatic carbocycles. The Hall–Kier alpha value is -3.64. The van der Waals surface area contributed by atoms with Crippen molar-refractivity contribution in [1.82, 2.24) is 0 Å². The summed E-state index contributed by atoms with van der Waals surface area (Å²) >= 11 is 0. The normalized spacial score (nSPS) is 16.1. The third-order valence-electron chi connectivity index (χ3n) is 4.83. The molecular formula is C22H20N4O2. The van der Waals surface area contributed by atoms with Crippen LogP contribution in [0, 0.1) is 0 Å². The van der Waals surface area contributed by atoms with Gasteiger partial charge in [-0.2, -0.15) is 0 Å². The van der Waals surface area contributed by atoms with Gasteiger partial charge in [0.1, 0.15) is 6.04 Å². The van der Waals surface area contributed by atoms with Crippen LogP contribution in [0.3, 0.4) is 0 Å². The van der Waals surface area contributed by atoms with Gasteiger partial charge in [0, 0.05) is 23.4 Å². The zero-order valence-electron chi connectivity index (χ0n) is 15.1. The number of rotatable bonds is 3. The van der Waals surface area contributed by atoms with E-state index < -0.39 is 11.9 Å². The smallest absolute Gasteiger partial charge is 0.248 e. The van der Waals surface area contributed by atoms with Gasteiger partial charge in [-0.1, -0.05) is 48.5 Å². The molecule has 140 valence electrons. The summed E-state index contributed by atoms with van der Waals surface area (Å²) in [6.45, 7) is 0.304. The summed E-state index contributed by atoms with van der Waals surface area (Å²) < 4.78 is 0. The standard InChI is InChI=1S/C22H20N4O2/c23-17-13-26(19-9-5-4-8-16(19)14-6-2-1-3-7-14)20-11-10-15(21(24)27)12-18(20)25-22(17)28/h1-12,17H,13,23H2,(H2,24,27)(H,25,28)/t17-/m1/s1. The molecule has 0 radical (unpaired) electrons. The Morgan fingerprint density at radius 1 is 0.964 bits per heavy atom. The largest absolute Gasteiger partial charge is 0.366 e. The average molecular weight is 372 g/mol.